The van der Waals surface area contributed by atoms with Crippen LogP contribution in [0, 0.1) is 0 Å². The van der Waals surface area contributed by atoms with E-state index in [1.807, 2.05) is 48.5 Å². The summed E-state index contributed by atoms with van der Waals surface area (Å²) in [5, 5.41) is 6.53. The third-order valence-corrected chi connectivity index (χ3v) is 7.37. The number of nitrogens with one attached hydrogen (secondary N) is 2. The van der Waals surface area contributed by atoms with Crippen LogP contribution in [0.1, 0.15) is 32.1 Å². The summed E-state index contributed by atoms with van der Waals surface area (Å²) < 4.78 is 0. The number of benzene rings is 3. The molecular formula is C29H30N6O2S. The van der Waals surface area contributed by atoms with E-state index in [-0.39, 0.29) is 11.9 Å². The Hall–Kier alpha value is -4.21. The number of nitrogens with two attached hydrogens (primary N) is 1. The second kappa shape index (κ2) is 11.5. The number of nitrogen functional groups attached to an aromatic ring is 1. The lowest BCUT2D eigenvalue weighted by atomic mass is 10.1. The summed E-state index contributed by atoms with van der Waals surface area (Å²) in [6.45, 7) is 2.57. The standard InChI is InChI=1S/C29H30N6O2S/c1-34-15-14-25-26(19-34)38-28(32-25)33-27(36)22-9-5-8-21(16-22)18-35(17-20-6-3-2-4-7-20)29(37)31-24-12-10-23(30)11-13-24/h2-13,16H,14-15,17-19,30H2,1H3,(H,31,37)(H,32,33,36). The van der Waals surface area contributed by atoms with E-state index in [4.69, 9.17) is 5.73 Å². The van der Waals surface area contributed by atoms with Crippen LogP contribution in [0.25, 0.3) is 0 Å². The lowest BCUT2D eigenvalue weighted by molar-refractivity contribution is 0.102. The Kier molecular flexibility index (Phi) is 7.67. The van der Waals surface area contributed by atoms with Gasteiger partial charge in [0.1, 0.15) is 0 Å². The van der Waals surface area contributed by atoms with E-state index < -0.39 is 0 Å². The molecule has 5 rings (SSSR count). The largest absolute Gasteiger partial charge is 0.399 e. The number of rotatable bonds is 7. The Labute approximate surface area is 226 Å². The molecule has 9 heteroatoms. The summed E-state index contributed by atoms with van der Waals surface area (Å²) in [5.74, 6) is -0.216. The highest BCUT2D eigenvalue weighted by molar-refractivity contribution is 7.15. The highest BCUT2D eigenvalue weighted by atomic mass is 32.1. The molecule has 1 aliphatic rings. The molecule has 0 fully saturated rings. The Bertz CT molecular complexity index is 1420. The second-order valence-corrected chi connectivity index (χ2v) is 10.5. The number of carbonyl (C=O) groups excluding carboxylic acids is 2. The van der Waals surface area contributed by atoms with Crippen molar-refractivity contribution in [3.8, 4) is 0 Å². The lowest BCUT2D eigenvalue weighted by Gasteiger charge is -2.24. The highest BCUT2D eigenvalue weighted by Crippen LogP contribution is 2.28. The fraction of sp³-hybridized carbons (Fsp3) is 0.207. The molecule has 0 saturated heterocycles. The summed E-state index contributed by atoms with van der Waals surface area (Å²) >= 11 is 1.53. The molecule has 2 heterocycles. The van der Waals surface area contributed by atoms with Crippen LogP contribution in [0.4, 0.5) is 21.3 Å². The molecule has 1 aromatic heterocycles. The van der Waals surface area contributed by atoms with Crippen LogP contribution >= 0.6 is 11.3 Å². The van der Waals surface area contributed by atoms with E-state index in [1.165, 1.54) is 16.2 Å². The zero-order valence-electron chi connectivity index (χ0n) is 21.2. The number of nitrogens with zero attached hydrogens (tertiary/aromatic N) is 3. The third-order valence-electron chi connectivity index (χ3n) is 6.37. The van der Waals surface area contributed by atoms with Gasteiger partial charge in [0, 0.05) is 54.4 Å². The Morgan fingerprint density at radius 3 is 2.50 bits per heavy atom. The number of amides is 3. The topological polar surface area (TPSA) is 104 Å². The van der Waals surface area contributed by atoms with Gasteiger partial charge in [-0.25, -0.2) is 9.78 Å². The zero-order valence-corrected chi connectivity index (χ0v) is 22.0. The number of hydrogen-bond acceptors (Lipinski definition) is 6. The van der Waals surface area contributed by atoms with E-state index in [2.05, 4.69) is 27.6 Å². The van der Waals surface area contributed by atoms with Crippen LogP contribution in [0.2, 0.25) is 0 Å². The number of thiazole rings is 1. The Morgan fingerprint density at radius 2 is 1.71 bits per heavy atom. The fourth-order valence-corrected chi connectivity index (χ4v) is 5.43. The first-order valence-corrected chi connectivity index (χ1v) is 13.3. The van der Waals surface area contributed by atoms with Crippen molar-refractivity contribution in [3.05, 3.63) is 106 Å². The van der Waals surface area contributed by atoms with Gasteiger partial charge in [-0.3, -0.25) is 10.1 Å². The van der Waals surface area contributed by atoms with Crippen molar-refractivity contribution in [2.45, 2.75) is 26.1 Å². The van der Waals surface area contributed by atoms with Crippen LogP contribution in [0.15, 0.2) is 78.9 Å². The molecule has 38 heavy (non-hydrogen) atoms. The maximum atomic E-state index is 13.3. The number of hydrogen-bond donors (Lipinski definition) is 3. The van der Waals surface area contributed by atoms with Gasteiger partial charge in [-0.15, -0.1) is 11.3 Å². The van der Waals surface area contributed by atoms with Crippen LogP contribution < -0.4 is 16.4 Å². The van der Waals surface area contributed by atoms with Gasteiger partial charge in [0.25, 0.3) is 5.91 Å². The van der Waals surface area contributed by atoms with Gasteiger partial charge in [-0.1, -0.05) is 42.5 Å². The van der Waals surface area contributed by atoms with Gasteiger partial charge in [0.2, 0.25) is 0 Å². The molecule has 1 aliphatic heterocycles. The van der Waals surface area contributed by atoms with Gasteiger partial charge in [-0.2, -0.15) is 0 Å². The molecule has 0 radical (unpaired) electrons. The first kappa shape index (κ1) is 25.4. The number of urea groups is 1. The molecule has 4 aromatic rings. The van der Waals surface area contributed by atoms with Gasteiger partial charge in [0.05, 0.1) is 5.69 Å². The quantitative estimate of drug-likeness (QED) is 0.287. The number of fused-ring (bicyclic) bond motifs is 1. The van der Waals surface area contributed by atoms with Gasteiger partial charge in [-0.05, 0) is 54.6 Å². The molecule has 4 N–H and O–H groups in total. The molecule has 0 saturated carbocycles. The first-order chi connectivity index (χ1) is 18.4. The number of likely N-dealkylation sites (N-methyl/N-ethyl adjacent to an activating group) is 1. The van der Waals surface area contributed by atoms with Crippen LogP contribution in [-0.2, 0) is 26.1 Å². The highest BCUT2D eigenvalue weighted by Gasteiger charge is 2.20. The predicted molar refractivity (Wildman–Crippen MR) is 152 cm³/mol. The van der Waals surface area contributed by atoms with Gasteiger partial charge < -0.3 is 20.9 Å². The van der Waals surface area contributed by atoms with E-state index in [0.717, 1.165) is 36.3 Å². The van der Waals surface area contributed by atoms with Crippen LogP contribution in [0.3, 0.4) is 0 Å². The van der Waals surface area contributed by atoms with Crippen molar-refractivity contribution in [1.82, 2.24) is 14.8 Å². The summed E-state index contributed by atoms with van der Waals surface area (Å²) in [7, 11) is 2.09. The lowest BCUT2D eigenvalue weighted by Crippen LogP contribution is -2.34. The van der Waals surface area contributed by atoms with Gasteiger partial charge in [0.15, 0.2) is 5.13 Å². The first-order valence-electron chi connectivity index (χ1n) is 12.5. The average molecular weight is 527 g/mol. The van der Waals surface area contributed by atoms with E-state index in [0.29, 0.717) is 35.2 Å². The third kappa shape index (κ3) is 6.37. The van der Waals surface area contributed by atoms with Gasteiger partial charge >= 0.3 is 6.03 Å². The Morgan fingerprint density at radius 1 is 0.974 bits per heavy atom. The van der Waals surface area contributed by atoms with E-state index in [9.17, 15) is 9.59 Å². The summed E-state index contributed by atoms with van der Waals surface area (Å²) in [5.41, 5.74) is 10.5. The maximum Gasteiger partial charge on any atom is 0.322 e. The minimum Gasteiger partial charge on any atom is -0.399 e. The molecule has 3 aromatic carbocycles. The van der Waals surface area contributed by atoms with Crippen LogP contribution in [0.5, 0.6) is 0 Å². The fourth-order valence-electron chi connectivity index (χ4n) is 4.35. The van der Waals surface area contributed by atoms with E-state index in [1.54, 1.807) is 35.2 Å². The molecular weight excluding hydrogens is 496 g/mol. The summed E-state index contributed by atoms with van der Waals surface area (Å²) in [6.07, 6.45) is 0.892. The normalized spacial score (nSPS) is 13.0. The minimum atomic E-state index is -0.244. The second-order valence-electron chi connectivity index (χ2n) is 9.42. The van der Waals surface area contributed by atoms with Crippen molar-refractivity contribution >= 4 is 39.8 Å². The molecule has 0 atom stereocenters. The molecule has 3 amide bonds. The van der Waals surface area contributed by atoms with Crippen molar-refractivity contribution in [3.63, 3.8) is 0 Å². The van der Waals surface area contributed by atoms with E-state index >= 15 is 0 Å². The van der Waals surface area contributed by atoms with Crippen molar-refractivity contribution in [2.75, 3.05) is 30.0 Å². The average Bonchev–Trinajstić information content (AvgIpc) is 3.31. The van der Waals surface area contributed by atoms with Crippen molar-refractivity contribution in [2.24, 2.45) is 0 Å². The number of carbonyl (C=O) groups is 2. The minimum absolute atomic E-state index is 0.216. The van der Waals surface area contributed by atoms with Crippen molar-refractivity contribution < 1.29 is 9.59 Å². The molecule has 0 unspecified atom stereocenters. The molecule has 0 bridgehead atoms. The smallest absolute Gasteiger partial charge is 0.322 e. The SMILES string of the molecule is CN1CCc2nc(NC(=O)c3cccc(CN(Cc4ccccc4)C(=O)Nc4ccc(N)cc4)c3)sc2C1. The number of aromatic nitrogens is 1. The predicted octanol–water partition coefficient (Wildman–Crippen LogP) is 5.20. The maximum absolute atomic E-state index is 13.3. The van der Waals surface area contributed by atoms with Crippen LogP contribution in [-0.4, -0.2) is 40.3 Å². The monoisotopic (exact) mass is 526 g/mol. The van der Waals surface area contributed by atoms with Crippen molar-refractivity contribution in [1.29, 1.82) is 0 Å². The zero-order chi connectivity index (χ0) is 26.5. The summed E-state index contributed by atoms with van der Waals surface area (Å²) in [4.78, 5) is 36.1. The Balaban J connectivity index is 1.31. The summed E-state index contributed by atoms with van der Waals surface area (Å²) in [6, 6.07) is 24.0. The molecule has 8 nitrogen and oxygen atoms in total. The molecule has 0 spiro atoms. The molecule has 194 valence electrons. The molecule has 0 aliphatic carbocycles. The number of anilines is 3.